The van der Waals surface area contributed by atoms with Gasteiger partial charge in [-0.15, -0.1) is 0 Å². The van der Waals surface area contributed by atoms with Crippen LogP contribution < -0.4 is 4.74 Å². The van der Waals surface area contributed by atoms with Gasteiger partial charge in [0.25, 0.3) is 5.69 Å². The first-order valence-electron chi connectivity index (χ1n) is 12.1. The Labute approximate surface area is 219 Å². The second-order valence-electron chi connectivity index (χ2n) is 8.74. The van der Waals surface area contributed by atoms with Crippen molar-refractivity contribution in [2.45, 2.75) is 50.8 Å². The minimum atomic E-state index is -1.32. The van der Waals surface area contributed by atoms with Gasteiger partial charge in [0.1, 0.15) is 24.1 Å². The van der Waals surface area contributed by atoms with E-state index >= 15 is 0 Å². The van der Waals surface area contributed by atoms with Gasteiger partial charge in [0.2, 0.25) is 6.29 Å². The molecule has 10 heteroatoms. The van der Waals surface area contributed by atoms with E-state index < -0.39 is 41.6 Å². The molecule has 1 N–H and O–H groups in total. The normalized spacial score (nSPS) is 22.9. The number of rotatable bonds is 11. The van der Waals surface area contributed by atoms with Crippen molar-refractivity contribution in [2.24, 2.45) is 0 Å². The molecule has 3 aromatic rings. The van der Waals surface area contributed by atoms with E-state index in [4.69, 9.17) is 23.7 Å². The lowest BCUT2D eigenvalue weighted by Gasteiger charge is -2.43. The maximum absolute atomic E-state index is 11.9. The molecule has 4 rings (SSSR count). The Morgan fingerprint density at radius 1 is 0.921 bits per heavy atom. The Kier molecular flexibility index (Phi) is 9.39. The molecular formula is C28H29NO9. The van der Waals surface area contributed by atoms with Crippen LogP contribution in [0.1, 0.15) is 18.1 Å². The van der Waals surface area contributed by atoms with Crippen molar-refractivity contribution in [3.63, 3.8) is 0 Å². The smallest absolute Gasteiger partial charge is 0.303 e. The van der Waals surface area contributed by atoms with E-state index in [1.807, 2.05) is 60.7 Å². The summed E-state index contributed by atoms with van der Waals surface area (Å²) >= 11 is 0. The molecule has 0 unspecified atom stereocenters. The molecule has 1 fully saturated rings. The van der Waals surface area contributed by atoms with Gasteiger partial charge in [0.15, 0.2) is 6.10 Å². The number of nitro groups is 1. The average Bonchev–Trinajstić information content (AvgIpc) is 2.92. The molecule has 1 aliphatic heterocycles. The highest BCUT2D eigenvalue weighted by atomic mass is 16.7. The zero-order chi connectivity index (χ0) is 26.9. The topological polar surface area (TPSA) is 127 Å². The Balaban J connectivity index is 1.53. The molecule has 0 aromatic heterocycles. The summed E-state index contributed by atoms with van der Waals surface area (Å²) in [7, 11) is 0. The number of nitro benzene ring substituents is 1. The molecule has 1 aliphatic rings. The molecule has 3 aromatic carbocycles. The van der Waals surface area contributed by atoms with Gasteiger partial charge in [-0.1, -0.05) is 60.7 Å². The SMILES string of the molecule is CC(=O)O[C@@H]1[C@H](O)[C@@H](OCc2ccccc2)[C@@H](Oc2ccc([N+](=O)[O-])cc2)O[C@@H]1COCc1ccccc1. The van der Waals surface area contributed by atoms with Crippen LogP contribution in [0.15, 0.2) is 84.9 Å². The molecule has 5 atom stereocenters. The first-order valence-corrected chi connectivity index (χ1v) is 12.1. The summed E-state index contributed by atoms with van der Waals surface area (Å²) in [6.45, 7) is 1.66. The van der Waals surface area contributed by atoms with Crippen LogP contribution in [0.5, 0.6) is 5.75 Å². The van der Waals surface area contributed by atoms with Crippen LogP contribution in [0.2, 0.25) is 0 Å². The molecule has 200 valence electrons. The van der Waals surface area contributed by atoms with Crippen molar-refractivity contribution in [1.29, 1.82) is 0 Å². The molecule has 10 nitrogen and oxygen atoms in total. The lowest BCUT2D eigenvalue weighted by molar-refractivity contribution is -0.384. The molecule has 0 radical (unpaired) electrons. The molecule has 0 amide bonds. The maximum atomic E-state index is 11.9. The summed E-state index contributed by atoms with van der Waals surface area (Å²) in [5, 5.41) is 22.3. The number of hydrogen-bond donors (Lipinski definition) is 1. The number of nitrogens with zero attached hydrogens (tertiary/aromatic N) is 1. The highest BCUT2D eigenvalue weighted by molar-refractivity contribution is 5.66. The van der Waals surface area contributed by atoms with Crippen molar-refractivity contribution >= 4 is 11.7 Å². The van der Waals surface area contributed by atoms with Gasteiger partial charge in [0.05, 0.1) is 24.7 Å². The zero-order valence-electron chi connectivity index (χ0n) is 20.8. The summed E-state index contributed by atoms with van der Waals surface area (Å²) in [6.07, 6.45) is -5.46. The first-order chi connectivity index (χ1) is 18.4. The number of aliphatic hydroxyl groups is 1. The van der Waals surface area contributed by atoms with E-state index in [9.17, 15) is 20.0 Å². The average molecular weight is 524 g/mol. The van der Waals surface area contributed by atoms with Crippen molar-refractivity contribution in [3.05, 3.63) is 106 Å². The maximum Gasteiger partial charge on any atom is 0.303 e. The van der Waals surface area contributed by atoms with Crippen molar-refractivity contribution in [1.82, 2.24) is 0 Å². The lowest BCUT2D eigenvalue weighted by Crippen LogP contribution is -2.62. The molecule has 1 saturated heterocycles. The summed E-state index contributed by atoms with van der Waals surface area (Å²) < 4.78 is 29.4. The second kappa shape index (κ2) is 13.1. The van der Waals surface area contributed by atoms with Gasteiger partial charge in [0, 0.05) is 19.1 Å². The number of hydrogen-bond acceptors (Lipinski definition) is 9. The minimum Gasteiger partial charge on any atom is -0.462 e. The van der Waals surface area contributed by atoms with Crippen molar-refractivity contribution in [2.75, 3.05) is 6.61 Å². The minimum absolute atomic E-state index is 0.00454. The number of carbonyl (C=O) groups excluding carboxylic acids is 1. The highest BCUT2D eigenvalue weighted by Gasteiger charge is 2.49. The molecule has 0 aliphatic carbocycles. The molecule has 38 heavy (non-hydrogen) atoms. The lowest BCUT2D eigenvalue weighted by atomic mass is 9.98. The van der Waals surface area contributed by atoms with E-state index in [-0.39, 0.29) is 31.3 Å². The summed E-state index contributed by atoms with van der Waals surface area (Å²) in [5.41, 5.74) is 1.70. The predicted octanol–water partition coefficient (Wildman–Crippen LogP) is 3.79. The number of aliphatic hydroxyl groups excluding tert-OH is 1. The Morgan fingerprint density at radius 2 is 1.53 bits per heavy atom. The van der Waals surface area contributed by atoms with Crippen molar-refractivity contribution < 1.29 is 38.5 Å². The fourth-order valence-corrected chi connectivity index (χ4v) is 4.05. The zero-order valence-corrected chi connectivity index (χ0v) is 20.8. The fraction of sp³-hybridized carbons (Fsp3) is 0.321. The van der Waals surface area contributed by atoms with Gasteiger partial charge < -0.3 is 28.8 Å². The first kappa shape index (κ1) is 27.2. The third-order valence-corrected chi connectivity index (χ3v) is 5.90. The molecular weight excluding hydrogens is 494 g/mol. The number of non-ortho nitro benzene ring substituents is 1. The monoisotopic (exact) mass is 523 g/mol. The number of carbonyl (C=O) groups is 1. The van der Waals surface area contributed by atoms with Crippen LogP contribution in [-0.2, 0) is 37.0 Å². The Morgan fingerprint density at radius 3 is 2.11 bits per heavy atom. The van der Waals surface area contributed by atoms with Crippen LogP contribution in [-0.4, -0.2) is 53.3 Å². The molecule has 0 saturated carbocycles. The number of benzene rings is 3. The molecule has 0 bridgehead atoms. The van der Waals surface area contributed by atoms with Crippen molar-refractivity contribution in [3.8, 4) is 5.75 Å². The van der Waals surface area contributed by atoms with E-state index in [0.29, 0.717) is 0 Å². The highest BCUT2D eigenvalue weighted by Crippen LogP contribution is 2.30. The fourth-order valence-electron chi connectivity index (χ4n) is 4.05. The van der Waals surface area contributed by atoms with Gasteiger partial charge >= 0.3 is 5.97 Å². The van der Waals surface area contributed by atoms with Gasteiger partial charge in [-0.25, -0.2) is 0 Å². The number of ether oxygens (including phenoxy) is 5. The van der Waals surface area contributed by atoms with Gasteiger partial charge in [-0.05, 0) is 23.3 Å². The third kappa shape index (κ3) is 7.36. The van der Waals surface area contributed by atoms with Crippen LogP contribution in [0.3, 0.4) is 0 Å². The van der Waals surface area contributed by atoms with Crippen LogP contribution in [0.4, 0.5) is 5.69 Å². The Bertz CT molecular complexity index is 1170. The standard InChI is InChI=1S/C28H29NO9/c1-19(30)36-26-24(18-34-16-20-8-4-2-5-9-20)38-28(37-23-14-12-22(13-15-23)29(32)33)27(25(26)31)35-17-21-10-6-3-7-11-21/h2-15,24-28,31H,16-18H2,1H3/t24-,25+,26+,27-,28+/m1/s1. The van der Waals surface area contributed by atoms with Crippen LogP contribution in [0.25, 0.3) is 0 Å². The third-order valence-electron chi connectivity index (χ3n) is 5.90. The van der Waals surface area contributed by atoms with E-state index in [2.05, 4.69) is 0 Å². The summed E-state index contributed by atoms with van der Waals surface area (Å²) in [5.74, 6) is -0.321. The van der Waals surface area contributed by atoms with Crippen LogP contribution in [0, 0.1) is 10.1 Å². The number of esters is 1. The predicted molar refractivity (Wildman–Crippen MR) is 135 cm³/mol. The second-order valence-corrected chi connectivity index (χ2v) is 8.74. The summed E-state index contributed by atoms with van der Waals surface area (Å²) in [6, 6.07) is 24.3. The Hall–Kier alpha value is -3.83. The quantitative estimate of drug-likeness (QED) is 0.227. The van der Waals surface area contributed by atoms with Gasteiger partial charge in [-0.3, -0.25) is 14.9 Å². The van der Waals surface area contributed by atoms with E-state index in [0.717, 1.165) is 11.1 Å². The van der Waals surface area contributed by atoms with Gasteiger partial charge in [-0.2, -0.15) is 0 Å². The molecule has 0 spiro atoms. The van der Waals surface area contributed by atoms with E-state index in [1.165, 1.54) is 31.2 Å². The molecule has 1 heterocycles. The summed E-state index contributed by atoms with van der Waals surface area (Å²) in [4.78, 5) is 22.4. The van der Waals surface area contributed by atoms with Crippen LogP contribution >= 0.6 is 0 Å². The van der Waals surface area contributed by atoms with E-state index in [1.54, 1.807) is 0 Å². The largest absolute Gasteiger partial charge is 0.462 e.